The Kier molecular flexibility index (Phi) is 15.9. The number of carbonyl (C=O) groups is 1. The molecule has 0 unspecified atom stereocenters. The van der Waals surface area contributed by atoms with Gasteiger partial charge in [-0.25, -0.2) is 0 Å². The summed E-state index contributed by atoms with van der Waals surface area (Å²) in [5, 5.41) is 0. The summed E-state index contributed by atoms with van der Waals surface area (Å²) in [6, 6.07) is 0. The zero-order valence-electron chi connectivity index (χ0n) is 12.5. The van der Waals surface area contributed by atoms with E-state index >= 15 is 0 Å². The lowest BCUT2D eigenvalue weighted by atomic mass is 10.1. The molecule has 0 saturated heterocycles. The normalized spacial score (nSPS) is 12.1. The van der Waals surface area contributed by atoms with Crippen LogP contribution in [0.25, 0.3) is 0 Å². The minimum Gasteiger partial charge on any atom is -0.303 e. The van der Waals surface area contributed by atoms with Gasteiger partial charge in [-0.05, 0) is 57.8 Å². The fourth-order valence-electron chi connectivity index (χ4n) is 1.81. The van der Waals surface area contributed by atoms with Crippen LogP contribution in [-0.2, 0) is 4.79 Å². The van der Waals surface area contributed by atoms with Crippen molar-refractivity contribution in [3.8, 4) is 0 Å². The molecule has 19 heavy (non-hydrogen) atoms. The standard InChI is InChI=1S/C18H30O/c1-2-3-4-5-6-7-8-9-10-11-12-13-14-15-16-17-18-19/h3-4,6-7,12-13,18H,2,5,8-11,14-17H2,1H3/b4-3+,7-6+,13-12+. The summed E-state index contributed by atoms with van der Waals surface area (Å²) >= 11 is 0. The van der Waals surface area contributed by atoms with Crippen LogP contribution in [-0.4, -0.2) is 6.29 Å². The van der Waals surface area contributed by atoms with Crippen LogP contribution in [0.3, 0.4) is 0 Å². The third-order valence-corrected chi connectivity index (χ3v) is 2.94. The van der Waals surface area contributed by atoms with Crippen molar-refractivity contribution in [2.45, 2.75) is 71.1 Å². The summed E-state index contributed by atoms with van der Waals surface area (Å²) in [6.45, 7) is 2.16. The van der Waals surface area contributed by atoms with Gasteiger partial charge in [0.25, 0.3) is 0 Å². The number of unbranched alkanes of at least 4 members (excludes halogenated alkanes) is 6. The Hall–Kier alpha value is -1.11. The van der Waals surface area contributed by atoms with Crippen LogP contribution >= 0.6 is 0 Å². The molecule has 0 aromatic carbocycles. The monoisotopic (exact) mass is 262 g/mol. The van der Waals surface area contributed by atoms with Crippen molar-refractivity contribution in [1.29, 1.82) is 0 Å². The lowest BCUT2D eigenvalue weighted by Gasteiger charge is -1.94. The molecule has 0 radical (unpaired) electrons. The SMILES string of the molecule is CC/C=C/C/C=C/CCCC/C=C/CCCCC=O. The highest BCUT2D eigenvalue weighted by Gasteiger charge is 1.86. The molecule has 0 aromatic heterocycles. The molecule has 0 amide bonds. The van der Waals surface area contributed by atoms with Crippen LogP contribution in [0.4, 0.5) is 0 Å². The van der Waals surface area contributed by atoms with Crippen molar-refractivity contribution >= 4 is 6.29 Å². The molecule has 0 fully saturated rings. The minimum atomic E-state index is 0.716. The smallest absolute Gasteiger partial charge is 0.119 e. The molecule has 0 aliphatic rings. The molecule has 1 nitrogen and oxygen atoms in total. The maximum absolute atomic E-state index is 10.1. The second-order valence-corrected chi connectivity index (χ2v) is 4.79. The van der Waals surface area contributed by atoms with E-state index in [1.165, 1.54) is 25.7 Å². The summed E-state index contributed by atoms with van der Waals surface area (Å²) in [4.78, 5) is 10.1. The van der Waals surface area contributed by atoms with Gasteiger partial charge in [0, 0.05) is 6.42 Å². The lowest BCUT2D eigenvalue weighted by Crippen LogP contribution is -1.76. The minimum absolute atomic E-state index is 0.716. The Bertz CT molecular complexity index is 261. The average Bonchev–Trinajstić information content (AvgIpc) is 2.43. The van der Waals surface area contributed by atoms with E-state index in [9.17, 15) is 4.79 Å². The van der Waals surface area contributed by atoms with Crippen LogP contribution in [0.2, 0.25) is 0 Å². The molecule has 0 aliphatic carbocycles. The third kappa shape index (κ3) is 16.9. The van der Waals surface area contributed by atoms with Gasteiger partial charge in [0.1, 0.15) is 6.29 Å². The second-order valence-electron chi connectivity index (χ2n) is 4.79. The maximum Gasteiger partial charge on any atom is 0.119 e. The molecular weight excluding hydrogens is 232 g/mol. The fourth-order valence-corrected chi connectivity index (χ4v) is 1.81. The van der Waals surface area contributed by atoms with E-state index in [1.54, 1.807) is 0 Å². The van der Waals surface area contributed by atoms with Crippen molar-refractivity contribution in [1.82, 2.24) is 0 Å². The Balaban J connectivity index is 3.19. The van der Waals surface area contributed by atoms with Crippen LogP contribution < -0.4 is 0 Å². The zero-order chi connectivity index (χ0) is 14.0. The molecule has 0 saturated carbocycles. The van der Waals surface area contributed by atoms with Gasteiger partial charge in [-0.2, -0.15) is 0 Å². The fraction of sp³-hybridized carbons (Fsp3) is 0.611. The van der Waals surface area contributed by atoms with Crippen molar-refractivity contribution in [3.05, 3.63) is 36.5 Å². The summed E-state index contributed by atoms with van der Waals surface area (Å²) in [5.41, 5.74) is 0. The van der Waals surface area contributed by atoms with E-state index in [0.717, 1.165) is 38.4 Å². The van der Waals surface area contributed by atoms with Gasteiger partial charge in [0.15, 0.2) is 0 Å². The maximum atomic E-state index is 10.1. The molecule has 0 atom stereocenters. The molecule has 0 bridgehead atoms. The first-order valence-corrected chi connectivity index (χ1v) is 7.80. The number of rotatable bonds is 13. The molecule has 0 rings (SSSR count). The Morgan fingerprint density at radius 3 is 1.63 bits per heavy atom. The Morgan fingerprint density at radius 2 is 1.11 bits per heavy atom. The van der Waals surface area contributed by atoms with Gasteiger partial charge in [0.2, 0.25) is 0 Å². The van der Waals surface area contributed by atoms with Gasteiger partial charge in [0.05, 0.1) is 0 Å². The highest BCUT2D eigenvalue weighted by Crippen LogP contribution is 2.04. The van der Waals surface area contributed by atoms with Gasteiger partial charge in [-0.3, -0.25) is 0 Å². The molecular formula is C18H30O. The molecule has 0 N–H and O–H groups in total. The van der Waals surface area contributed by atoms with E-state index in [-0.39, 0.29) is 0 Å². The van der Waals surface area contributed by atoms with E-state index in [4.69, 9.17) is 0 Å². The van der Waals surface area contributed by atoms with E-state index < -0.39 is 0 Å². The number of allylic oxidation sites excluding steroid dienone is 6. The number of carbonyl (C=O) groups excluding carboxylic acids is 1. The van der Waals surface area contributed by atoms with E-state index in [2.05, 4.69) is 43.4 Å². The van der Waals surface area contributed by atoms with Crippen LogP contribution in [0.1, 0.15) is 71.1 Å². The predicted molar refractivity (Wildman–Crippen MR) is 85.3 cm³/mol. The summed E-state index contributed by atoms with van der Waals surface area (Å²) in [7, 11) is 0. The van der Waals surface area contributed by atoms with E-state index in [0.29, 0.717) is 6.42 Å². The molecule has 1 heteroatoms. The molecule has 0 aliphatic heterocycles. The lowest BCUT2D eigenvalue weighted by molar-refractivity contribution is -0.107. The van der Waals surface area contributed by atoms with Gasteiger partial charge < -0.3 is 4.79 Å². The molecule has 0 aromatic rings. The third-order valence-electron chi connectivity index (χ3n) is 2.94. The summed E-state index contributed by atoms with van der Waals surface area (Å²) in [6.07, 6.45) is 25.7. The van der Waals surface area contributed by atoms with Crippen LogP contribution in [0.15, 0.2) is 36.5 Å². The van der Waals surface area contributed by atoms with Gasteiger partial charge >= 0.3 is 0 Å². The van der Waals surface area contributed by atoms with Gasteiger partial charge in [-0.1, -0.05) is 43.4 Å². The highest BCUT2D eigenvalue weighted by molar-refractivity contribution is 5.48. The number of hydrogen-bond donors (Lipinski definition) is 0. The van der Waals surface area contributed by atoms with Crippen molar-refractivity contribution in [2.75, 3.05) is 0 Å². The van der Waals surface area contributed by atoms with Crippen molar-refractivity contribution in [3.63, 3.8) is 0 Å². The quantitative estimate of drug-likeness (QED) is 0.234. The summed E-state index contributed by atoms with van der Waals surface area (Å²) in [5.74, 6) is 0. The first-order valence-electron chi connectivity index (χ1n) is 7.80. The summed E-state index contributed by atoms with van der Waals surface area (Å²) < 4.78 is 0. The number of hydrogen-bond acceptors (Lipinski definition) is 1. The topological polar surface area (TPSA) is 17.1 Å². The first-order chi connectivity index (χ1) is 9.41. The van der Waals surface area contributed by atoms with Gasteiger partial charge in [-0.15, -0.1) is 0 Å². The molecule has 108 valence electrons. The second kappa shape index (κ2) is 16.9. The molecule has 0 spiro atoms. The van der Waals surface area contributed by atoms with Crippen LogP contribution in [0.5, 0.6) is 0 Å². The van der Waals surface area contributed by atoms with Crippen LogP contribution in [0, 0.1) is 0 Å². The number of aldehydes is 1. The Morgan fingerprint density at radius 1 is 0.632 bits per heavy atom. The van der Waals surface area contributed by atoms with Crippen molar-refractivity contribution in [2.24, 2.45) is 0 Å². The first kappa shape index (κ1) is 17.9. The largest absolute Gasteiger partial charge is 0.303 e. The van der Waals surface area contributed by atoms with E-state index in [1.807, 2.05) is 0 Å². The predicted octanol–water partition coefficient (Wildman–Crippen LogP) is 5.77. The zero-order valence-corrected chi connectivity index (χ0v) is 12.5. The van der Waals surface area contributed by atoms with Crippen molar-refractivity contribution < 1.29 is 4.79 Å². The molecule has 0 heterocycles. The Labute approximate surface area is 119 Å². The highest BCUT2D eigenvalue weighted by atomic mass is 16.1. The average molecular weight is 262 g/mol.